The van der Waals surface area contributed by atoms with Crippen LogP contribution >= 0.6 is 0 Å². The fourth-order valence-electron chi connectivity index (χ4n) is 3.59. The maximum absolute atomic E-state index is 13.3. The summed E-state index contributed by atoms with van der Waals surface area (Å²) in [6.45, 7) is 6.31. The molecule has 4 bridgehead atoms. The molecule has 0 unspecified atom stereocenters. The lowest BCUT2D eigenvalue weighted by molar-refractivity contribution is -0.150. The molecule has 9 nitrogen and oxygen atoms in total. The molecule has 0 aliphatic carbocycles. The van der Waals surface area contributed by atoms with E-state index in [9.17, 15) is 19.5 Å². The highest BCUT2D eigenvalue weighted by Crippen LogP contribution is 2.28. The van der Waals surface area contributed by atoms with Crippen LogP contribution in [-0.2, 0) is 14.3 Å². The summed E-state index contributed by atoms with van der Waals surface area (Å²) < 4.78 is 16.8. The Labute approximate surface area is 175 Å². The minimum absolute atomic E-state index is 0.152. The first-order chi connectivity index (χ1) is 14.1. The van der Waals surface area contributed by atoms with E-state index in [1.54, 1.807) is 45.0 Å². The lowest BCUT2D eigenvalue weighted by Crippen LogP contribution is -2.57. The van der Waals surface area contributed by atoms with Crippen LogP contribution in [0, 0.1) is 5.41 Å². The van der Waals surface area contributed by atoms with Gasteiger partial charge >= 0.3 is 12.1 Å². The molecule has 1 aromatic carbocycles. The van der Waals surface area contributed by atoms with E-state index in [-0.39, 0.29) is 24.8 Å². The van der Waals surface area contributed by atoms with Gasteiger partial charge in [-0.2, -0.15) is 0 Å². The van der Waals surface area contributed by atoms with Crippen LogP contribution in [0.5, 0.6) is 11.5 Å². The van der Waals surface area contributed by atoms with Gasteiger partial charge in [0.05, 0.1) is 19.3 Å². The molecular formula is C21H28N2O7. The van der Waals surface area contributed by atoms with Crippen molar-refractivity contribution in [2.24, 2.45) is 5.41 Å². The number of carboxylic acid groups (broad SMARTS) is 1. The second-order valence-electron chi connectivity index (χ2n) is 8.58. The number of rotatable bonds is 1. The Kier molecular flexibility index (Phi) is 6.50. The second kappa shape index (κ2) is 8.91. The molecule has 3 rings (SSSR count). The van der Waals surface area contributed by atoms with Crippen LogP contribution in [0.2, 0.25) is 0 Å². The molecule has 0 spiro atoms. The molecule has 0 radical (unpaired) electrons. The largest absolute Gasteiger partial charge is 0.493 e. The summed E-state index contributed by atoms with van der Waals surface area (Å²) in [7, 11) is 0. The maximum atomic E-state index is 13.3. The maximum Gasteiger partial charge on any atom is 0.413 e. The lowest BCUT2D eigenvalue weighted by Gasteiger charge is -2.34. The van der Waals surface area contributed by atoms with Crippen molar-refractivity contribution < 1.29 is 33.7 Å². The zero-order valence-corrected chi connectivity index (χ0v) is 17.4. The van der Waals surface area contributed by atoms with Crippen LogP contribution in [0.25, 0.3) is 0 Å². The van der Waals surface area contributed by atoms with Crippen molar-refractivity contribution in [3.8, 4) is 11.5 Å². The molecule has 0 aromatic heterocycles. The average Bonchev–Trinajstić information content (AvgIpc) is 3.09. The number of hydrogen-bond acceptors (Lipinski definition) is 6. The third-order valence-corrected chi connectivity index (χ3v) is 5.13. The Morgan fingerprint density at radius 3 is 2.63 bits per heavy atom. The molecule has 30 heavy (non-hydrogen) atoms. The summed E-state index contributed by atoms with van der Waals surface area (Å²) in [5.41, 5.74) is -0.672. The fourth-order valence-corrected chi connectivity index (χ4v) is 3.59. The molecule has 2 amide bonds. The SMILES string of the molecule is CC(C)(C)[C@@H]1NC(=O)Oc2cccc(c2)OCCCO[C@@H]2C[C@@H](C(=O)O)N(C2)C1=O. The number of hydrogen-bond donors (Lipinski definition) is 2. The van der Waals surface area contributed by atoms with E-state index in [4.69, 9.17) is 14.2 Å². The monoisotopic (exact) mass is 420 g/mol. The predicted octanol–water partition coefficient (Wildman–Crippen LogP) is 2.04. The number of amides is 2. The van der Waals surface area contributed by atoms with Gasteiger partial charge in [-0.25, -0.2) is 9.59 Å². The van der Waals surface area contributed by atoms with Gasteiger partial charge in [-0.15, -0.1) is 0 Å². The summed E-state index contributed by atoms with van der Waals surface area (Å²) in [6, 6.07) is 4.67. The molecule has 1 fully saturated rings. The summed E-state index contributed by atoms with van der Waals surface area (Å²) in [6.07, 6.45) is -0.396. The molecule has 164 valence electrons. The van der Waals surface area contributed by atoms with Crippen molar-refractivity contribution in [3.05, 3.63) is 24.3 Å². The van der Waals surface area contributed by atoms with Crippen molar-refractivity contribution >= 4 is 18.0 Å². The highest BCUT2D eigenvalue weighted by molar-refractivity contribution is 5.90. The van der Waals surface area contributed by atoms with Gasteiger partial charge in [-0.3, -0.25) is 4.79 Å². The van der Waals surface area contributed by atoms with Crippen molar-refractivity contribution in [1.82, 2.24) is 10.2 Å². The Morgan fingerprint density at radius 2 is 1.93 bits per heavy atom. The topological polar surface area (TPSA) is 114 Å². The number of ether oxygens (including phenoxy) is 3. The number of benzene rings is 1. The van der Waals surface area contributed by atoms with E-state index in [1.165, 1.54) is 4.90 Å². The normalized spacial score (nSPS) is 25.8. The summed E-state index contributed by atoms with van der Waals surface area (Å²) in [5, 5.41) is 12.2. The molecule has 2 aliphatic heterocycles. The third kappa shape index (κ3) is 5.21. The Balaban J connectivity index is 1.89. The van der Waals surface area contributed by atoms with Crippen LogP contribution < -0.4 is 14.8 Å². The Bertz CT molecular complexity index is 805. The molecule has 0 saturated carbocycles. The predicted molar refractivity (Wildman–Crippen MR) is 106 cm³/mol. The number of aliphatic carboxylic acids is 1. The molecular weight excluding hydrogens is 392 g/mol. The third-order valence-electron chi connectivity index (χ3n) is 5.13. The average molecular weight is 420 g/mol. The molecule has 1 saturated heterocycles. The molecule has 2 N–H and O–H groups in total. The van der Waals surface area contributed by atoms with Crippen LogP contribution in [0.1, 0.15) is 33.6 Å². The number of nitrogens with one attached hydrogen (secondary N) is 1. The second-order valence-corrected chi connectivity index (χ2v) is 8.58. The van der Waals surface area contributed by atoms with E-state index < -0.39 is 35.5 Å². The number of carbonyl (C=O) groups is 3. The van der Waals surface area contributed by atoms with E-state index >= 15 is 0 Å². The first-order valence-corrected chi connectivity index (χ1v) is 10.0. The standard InChI is InChI=1S/C21H28N2O7/c1-21(2,3)17-18(24)23-12-15(11-16(23)19(25)26)29-9-5-8-28-13-6-4-7-14(10-13)30-20(27)22-17/h4,6-7,10,15-17H,5,8-9,11-12H2,1-3H3,(H,22,27)(H,25,26)/t15-,16+,17-/m1/s1. The minimum atomic E-state index is -1.10. The van der Waals surface area contributed by atoms with Crippen LogP contribution in [-0.4, -0.2) is 65.9 Å². The van der Waals surface area contributed by atoms with Gasteiger partial charge in [-0.1, -0.05) is 26.8 Å². The Hall–Kier alpha value is -2.81. The van der Waals surface area contributed by atoms with Gasteiger partial charge in [0.15, 0.2) is 0 Å². The molecule has 9 heteroatoms. The molecule has 1 aromatic rings. The number of nitrogens with zero attached hydrogens (tertiary/aromatic N) is 1. The van der Waals surface area contributed by atoms with Crippen molar-refractivity contribution in [1.29, 1.82) is 0 Å². The minimum Gasteiger partial charge on any atom is -0.493 e. The zero-order valence-electron chi connectivity index (χ0n) is 17.4. The highest BCUT2D eigenvalue weighted by Gasteiger charge is 2.45. The van der Waals surface area contributed by atoms with Crippen molar-refractivity contribution in [2.45, 2.75) is 51.8 Å². The van der Waals surface area contributed by atoms with E-state index in [0.29, 0.717) is 25.4 Å². The van der Waals surface area contributed by atoms with Gasteiger partial charge in [0.1, 0.15) is 23.6 Å². The number of carbonyl (C=O) groups excluding carboxylic acids is 2. The van der Waals surface area contributed by atoms with Crippen LogP contribution in [0.3, 0.4) is 0 Å². The van der Waals surface area contributed by atoms with Gasteiger partial charge in [0, 0.05) is 25.5 Å². The molecule has 2 heterocycles. The summed E-state index contributed by atoms with van der Waals surface area (Å²) >= 11 is 0. The Morgan fingerprint density at radius 1 is 1.20 bits per heavy atom. The van der Waals surface area contributed by atoms with Crippen LogP contribution in [0.15, 0.2) is 24.3 Å². The quantitative estimate of drug-likeness (QED) is 0.714. The molecule has 2 aliphatic rings. The fraction of sp³-hybridized carbons (Fsp3) is 0.571. The first-order valence-electron chi connectivity index (χ1n) is 10.0. The van der Waals surface area contributed by atoms with Gasteiger partial charge < -0.3 is 29.5 Å². The van der Waals surface area contributed by atoms with E-state index in [0.717, 1.165) is 0 Å². The van der Waals surface area contributed by atoms with Gasteiger partial charge in [-0.05, 0) is 17.5 Å². The smallest absolute Gasteiger partial charge is 0.413 e. The van der Waals surface area contributed by atoms with E-state index in [2.05, 4.69) is 5.32 Å². The van der Waals surface area contributed by atoms with Crippen LogP contribution in [0.4, 0.5) is 4.79 Å². The van der Waals surface area contributed by atoms with Crippen molar-refractivity contribution in [3.63, 3.8) is 0 Å². The summed E-state index contributed by atoms with van der Waals surface area (Å²) in [4.78, 5) is 38.9. The zero-order chi connectivity index (χ0) is 21.9. The number of carboxylic acids is 1. The lowest BCUT2D eigenvalue weighted by atomic mass is 9.85. The van der Waals surface area contributed by atoms with Crippen molar-refractivity contribution in [2.75, 3.05) is 19.8 Å². The number of fused-ring (bicyclic) bond motifs is 4. The van der Waals surface area contributed by atoms with Gasteiger partial charge in [0.25, 0.3) is 0 Å². The summed E-state index contributed by atoms with van der Waals surface area (Å²) in [5.74, 6) is -0.740. The highest BCUT2D eigenvalue weighted by atomic mass is 16.6. The first kappa shape index (κ1) is 21.9. The molecule has 3 atom stereocenters. The van der Waals surface area contributed by atoms with Gasteiger partial charge in [0.2, 0.25) is 5.91 Å². The van der Waals surface area contributed by atoms with E-state index in [1.807, 2.05) is 0 Å².